The van der Waals surface area contributed by atoms with E-state index in [0.717, 1.165) is 31.4 Å². The molecule has 1 aromatic heterocycles. The molecule has 0 atom stereocenters. The third kappa shape index (κ3) is 5.14. The molecule has 1 saturated carbocycles. The Morgan fingerprint density at radius 3 is 2.62 bits per heavy atom. The van der Waals surface area contributed by atoms with Gasteiger partial charge < -0.3 is 14.6 Å². The van der Waals surface area contributed by atoms with E-state index in [1.54, 1.807) is 0 Å². The molecule has 148 valence electrons. The van der Waals surface area contributed by atoms with Gasteiger partial charge in [0.15, 0.2) is 5.96 Å². The zero-order chi connectivity index (χ0) is 17.9. The van der Waals surface area contributed by atoms with Gasteiger partial charge in [0.05, 0.1) is 6.20 Å². The normalized spacial score (nSPS) is 20.3. The lowest BCUT2D eigenvalue weighted by atomic mass is 9.73. The van der Waals surface area contributed by atoms with Crippen LogP contribution in [0.3, 0.4) is 0 Å². The van der Waals surface area contributed by atoms with Gasteiger partial charge in [-0.1, -0.05) is 40.0 Å². The number of hydrogen-bond acceptors (Lipinski definition) is 3. The highest BCUT2D eigenvalue weighted by Gasteiger charge is 2.39. The van der Waals surface area contributed by atoms with Crippen LogP contribution in [0.25, 0.3) is 0 Å². The van der Waals surface area contributed by atoms with E-state index < -0.39 is 0 Å². The van der Waals surface area contributed by atoms with E-state index in [9.17, 15) is 0 Å². The molecule has 0 unspecified atom stereocenters. The first-order valence-electron chi connectivity index (χ1n) is 9.90. The minimum atomic E-state index is -0.0121. The van der Waals surface area contributed by atoms with Crippen molar-refractivity contribution in [3.05, 3.63) is 17.8 Å². The van der Waals surface area contributed by atoms with Crippen molar-refractivity contribution in [1.82, 2.24) is 15.2 Å². The van der Waals surface area contributed by atoms with E-state index in [2.05, 4.69) is 42.9 Å². The van der Waals surface area contributed by atoms with Crippen molar-refractivity contribution in [2.45, 2.75) is 78.2 Å². The van der Waals surface area contributed by atoms with Gasteiger partial charge in [-0.2, -0.15) is 0 Å². The van der Waals surface area contributed by atoms with Gasteiger partial charge in [-0.05, 0) is 31.6 Å². The lowest BCUT2D eigenvalue weighted by molar-refractivity contribution is 0.203. The van der Waals surface area contributed by atoms with Crippen molar-refractivity contribution >= 4 is 29.9 Å². The summed E-state index contributed by atoms with van der Waals surface area (Å²) < 4.78 is 5.88. The second kappa shape index (κ2) is 8.93. The molecular weight excluding hydrogens is 439 g/mol. The molecule has 0 radical (unpaired) electrons. The van der Waals surface area contributed by atoms with E-state index in [1.165, 1.54) is 38.5 Å². The Balaban J connectivity index is 0.00000243. The van der Waals surface area contributed by atoms with Crippen LogP contribution in [0.4, 0.5) is 0 Å². The molecule has 1 saturated heterocycles. The standard InChI is InChI=1S/C20H34N4O.HI/c1-5-21-18(23-14-17-22-13-16(25-17)19(2,3)4)24-12-11-20(15-24)9-7-6-8-10-20;/h13H,5-12,14-15H2,1-4H3,(H,21,23);1H. The van der Waals surface area contributed by atoms with Gasteiger partial charge in [-0.25, -0.2) is 9.98 Å². The van der Waals surface area contributed by atoms with Crippen molar-refractivity contribution in [1.29, 1.82) is 0 Å². The van der Waals surface area contributed by atoms with Crippen LogP contribution in [0.15, 0.2) is 15.6 Å². The summed E-state index contributed by atoms with van der Waals surface area (Å²) in [7, 11) is 0. The summed E-state index contributed by atoms with van der Waals surface area (Å²) in [5.74, 6) is 2.64. The molecule has 3 rings (SSSR count). The molecule has 0 aromatic carbocycles. The second-order valence-corrected chi connectivity index (χ2v) is 8.77. The highest BCUT2D eigenvalue weighted by molar-refractivity contribution is 14.0. The number of hydrogen-bond donors (Lipinski definition) is 1. The number of likely N-dealkylation sites (tertiary alicyclic amines) is 1. The Morgan fingerprint density at radius 2 is 2.00 bits per heavy atom. The fraction of sp³-hybridized carbons (Fsp3) is 0.800. The van der Waals surface area contributed by atoms with Crippen LogP contribution >= 0.6 is 24.0 Å². The second-order valence-electron chi connectivity index (χ2n) is 8.77. The molecule has 26 heavy (non-hydrogen) atoms. The van der Waals surface area contributed by atoms with Gasteiger partial charge in [-0.3, -0.25) is 0 Å². The molecule has 1 spiro atoms. The van der Waals surface area contributed by atoms with Gasteiger partial charge >= 0.3 is 0 Å². The molecule has 2 fully saturated rings. The topological polar surface area (TPSA) is 53.7 Å². The number of nitrogens with zero attached hydrogens (tertiary/aromatic N) is 3. The van der Waals surface area contributed by atoms with Crippen molar-refractivity contribution in [3.8, 4) is 0 Å². The number of halogens is 1. The maximum Gasteiger partial charge on any atom is 0.216 e. The van der Waals surface area contributed by atoms with E-state index >= 15 is 0 Å². The first kappa shape index (κ1) is 21.5. The maximum absolute atomic E-state index is 5.88. The molecular formula is C20H35IN4O. The van der Waals surface area contributed by atoms with Crippen LogP contribution in [-0.2, 0) is 12.0 Å². The third-order valence-corrected chi connectivity index (χ3v) is 5.64. The minimum absolute atomic E-state index is 0. The van der Waals surface area contributed by atoms with Crippen molar-refractivity contribution in [3.63, 3.8) is 0 Å². The number of nitrogens with one attached hydrogen (secondary N) is 1. The summed E-state index contributed by atoms with van der Waals surface area (Å²) in [6.45, 7) is 12.2. The molecule has 2 aliphatic rings. The average Bonchev–Trinajstić information content (AvgIpc) is 3.20. The van der Waals surface area contributed by atoms with Crippen molar-refractivity contribution in [2.75, 3.05) is 19.6 Å². The van der Waals surface area contributed by atoms with Crippen LogP contribution < -0.4 is 5.32 Å². The first-order chi connectivity index (χ1) is 11.9. The summed E-state index contributed by atoms with van der Waals surface area (Å²) in [4.78, 5) is 11.7. The molecule has 1 N–H and O–H groups in total. The van der Waals surface area contributed by atoms with Crippen LogP contribution in [0.2, 0.25) is 0 Å². The van der Waals surface area contributed by atoms with E-state index in [1.807, 2.05) is 6.20 Å². The Morgan fingerprint density at radius 1 is 1.27 bits per heavy atom. The van der Waals surface area contributed by atoms with Crippen LogP contribution in [0.5, 0.6) is 0 Å². The lowest BCUT2D eigenvalue weighted by Crippen LogP contribution is -2.41. The number of aromatic nitrogens is 1. The number of aliphatic imine (C=N–C) groups is 1. The summed E-state index contributed by atoms with van der Waals surface area (Å²) in [6.07, 6.45) is 10.1. The van der Waals surface area contributed by atoms with Crippen molar-refractivity contribution in [2.24, 2.45) is 10.4 Å². The zero-order valence-electron chi connectivity index (χ0n) is 16.8. The minimum Gasteiger partial charge on any atom is -0.443 e. The number of rotatable bonds is 3. The zero-order valence-corrected chi connectivity index (χ0v) is 19.1. The molecule has 1 aromatic rings. The smallest absolute Gasteiger partial charge is 0.216 e. The average molecular weight is 474 g/mol. The van der Waals surface area contributed by atoms with Gasteiger partial charge in [-0.15, -0.1) is 24.0 Å². The van der Waals surface area contributed by atoms with Gasteiger partial charge in [0.1, 0.15) is 12.3 Å². The monoisotopic (exact) mass is 474 g/mol. The number of guanidine groups is 1. The Kier molecular flexibility index (Phi) is 7.39. The molecule has 5 nitrogen and oxygen atoms in total. The highest BCUT2D eigenvalue weighted by Crippen LogP contribution is 2.43. The molecule has 6 heteroatoms. The number of oxazole rings is 1. The van der Waals surface area contributed by atoms with Crippen LogP contribution in [0, 0.1) is 5.41 Å². The van der Waals surface area contributed by atoms with E-state index in [-0.39, 0.29) is 29.4 Å². The van der Waals surface area contributed by atoms with E-state index in [0.29, 0.717) is 17.9 Å². The van der Waals surface area contributed by atoms with Crippen molar-refractivity contribution < 1.29 is 4.42 Å². The lowest BCUT2D eigenvalue weighted by Gasteiger charge is -2.33. The van der Waals surface area contributed by atoms with Crippen LogP contribution in [-0.4, -0.2) is 35.5 Å². The molecule has 0 bridgehead atoms. The Labute approximate surface area is 175 Å². The fourth-order valence-electron chi connectivity index (χ4n) is 4.12. The summed E-state index contributed by atoms with van der Waals surface area (Å²) in [6, 6.07) is 0. The van der Waals surface area contributed by atoms with Crippen LogP contribution in [0.1, 0.15) is 77.9 Å². The fourth-order valence-corrected chi connectivity index (χ4v) is 4.12. The Hall–Kier alpha value is -0.790. The molecule has 0 amide bonds. The van der Waals surface area contributed by atoms with Gasteiger partial charge in [0.25, 0.3) is 0 Å². The molecule has 1 aliphatic heterocycles. The largest absolute Gasteiger partial charge is 0.443 e. The van der Waals surface area contributed by atoms with Gasteiger partial charge in [0, 0.05) is 25.0 Å². The highest BCUT2D eigenvalue weighted by atomic mass is 127. The predicted molar refractivity (Wildman–Crippen MR) is 117 cm³/mol. The predicted octanol–water partition coefficient (Wildman–Crippen LogP) is 4.71. The third-order valence-electron chi connectivity index (χ3n) is 5.64. The Bertz CT molecular complexity index is 599. The molecule has 1 aliphatic carbocycles. The molecule has 2 heterocycles. The van der Waals surface area contributed by atoms with Gasteiger partial charge in [0.2, 0.25) is 5.89 Å². The summed E-state index contributed by atoms with van der Waals surface area (Å²) in [5.41, 5.74) is 0.526. The maximum atomic E-state index is 5.88. The summed E-state index contributed by atoms with van der Waals surface area (Å²) in [5, 5.41) is 3.46. The quantitative estimate of drug-likeness (QED) is 0.392. The first-order valence-corrected chi connectivity index (χ1v) is 9.90. The summed E-state index contributed by atoms with van der Waals surface area (Å²) >= 11 is 0. The van der Waals surface area contributed by atoms with E-state index in [4.69, 9.17) is 9.41 Å². The SMILES string of the molecule is CCNC(=NCc1ncc(C(C)(C)C)o1)N1CCC2(CCCCC2)C1.I.